The molecule has 0 saturated carbocycles. The summed E-state index contributed by atoms with van der Waals surface area (Å²) in [5.41, 5.74) is 1.08. The average Bonchev–Trinajstić information content (AvgIpc) is 3.04. The van der Waals surface area contributed by atoms with Crippen LogP contribution in [0.4, 0.5) is 0 Å². The van der Waals surface area contributed by atoms with Gasteiger partial charge in [-0.05, 0) is 24.6 Å². The van der Waals surface area contributed by atoms with Crippen molar-refractivity contribution in [2.45, 2.75) is 26.1 Å². The number of ether oxygens (including phenoxy) is 3. The van der Waals surface area contributed by atoms with Crippen LogP contribution < -0.4 is 19.5 Å². The summed E-state index contributed by atoms with van der Waals surface area (Å²) in [6, 6.07) is 4.23. The van der Waals surface area contributed by atoms with Crippen LogP contribution in [0.1, 0.15) is 12.5 Å². The molecule has 1 atom stereocenters. The molecule has 1 heterocycles. The predicted octanol–water partition coefficient (Wildman–Crippen LogP) is 2.09. The van der Waals surface area contributed by atoms with Gasteiger partial charge in [-0.25, -0.2) is 4.98 Å². The lowest BCUT2D eigenvalue weighted by Crippen LogP contribution is -2.29. The summed E-state index contributed by atoms with van der Waals surface area (Å²) < 4.78 is 18.1. The summed E-state index contributed by atoms with van der Waals surface area (Å²) in [4.78, 5) is 4.05. The minimum absolute atomic E-state index is 0.313. The molecule has 0 saturated heterocycles. The van der Waals surface area contributed by atoms with Crippen LogP contribution >= 0.6 is 0 Å². The molecule has 0 radical (unpaired) electrons. The SMILES string of the molecule is COc1cc(CN[C@H](C)Cn2ccnc2)cc(OC)c1OC. The third kappa shape index (κ3) is 3.92. The number of hydrogen-bond donors (Lipinski definition) is 1. The normalized spacial score (nSPS) is 12.0. The van der Waals surface area contributed by atoms with Crippen LogP contribution in [0.15, 0.2) is 30.9 Å². The summed E-state index contributed by atoms with van der Waals surface area (Å²) in [7, 11) is 4.85. The standard InChI is InChI=1S/C16H23N3O3/c1-12(10-19-6-5-17-11-19)18-9-13-7-14(20-2)16(22-4)15(8-13)21-3/h5-8,11-12,18H,9-10H2,1-4H3/t12-/m1/s1. The number of aromatic nitrogens is 2. The largest absolute Gasteiger partial charge is 0.493 e. The molecular weight excluding hydrogens is 282 g/mol. The Kier molecular flexibility index (Phi) is 5.66. The van der Waals surface area contributed by atoms with Crippen molar-refractivity contribution in [1.82, 2.24) is 14.9 Å². The lowest BCUT2D eigenvalue weighted by molar-refractivity contribution is 0.323. The van der Waals surface area contributed by atoms with Gasteiger partial charge in [-0.3, -0.25) is 0 Å². The van der Waals surface area contributed by atoms with E-state index in [-0.39, 0.29) is 0 Å². The molecule has 0 fully saturated rings. The van der Waals surface area contributed by atoms with E-state index in [2.05, 4.69) is 17.2 Å². The highest BCUT2D eigenvalue weighted by Gasteiger charge is 2.13. The van der Waals surface area contributed by atoms with Gasteiger partial charge in [0.15, 0.2) is 11.5 Å². The summed E-state index contributed by atoms with van der Waals surface area (Å²) in [6.07, 6.45) is 5.56. The van der Waals surface area contributed by atoms with Crippen LogP contribution in [0.5, 0.6) is 17.2 Å². The molecule has 0 aliphatic rings. The molecule has 6 heteroatoms. The van der Waals surface area contributed by atoms with Crippen molar-refractivity contribution in [3.05, 3.63) is 36.4 Å². The minimum atomic E-state index is 0.313. The van der Waals surface area contributed by atoms with E-state index >= 15 is 0 Å². The summed E-state index contributed by atoms with van der Waals surface area (Å²) in [5.74, 6) is 1.95. The highest BCUT2D eigenvalue weighted by Crippen LogP contribution is 2.38. The van der Waals surface area contributed by atoms with E-state index in [1.165, 1.54) is 0 Å². The number of hydrogen-bond acceptors (Lipinski definition) is 5. The van der Waals surface area contributed by atoms with Gasteiger partial charge in [0, 0.05) is 31.5 Å². The third-order valence-corrected chi connectivity index (χ3v) is 3.42. The molecule has 0 unspecified atom stereocenters. The second-order valence-corrected chi connectivity index (χ2v) is 5.08. The second-order valence-electron chi connectivity index (χ2n) is 5.08. The molecule has 0 aliphatic heterocycles. The van der Waals surface area contributed by atoms with Crippen molar-refractivity contribution in [3.63, 3.8) is 0 Å². The van der Waals surface area contributed by atoms with Gasteiger partial charge in [0.2, 0.25) is 5.75 Å². The summed E-state index contributed by atoms with van der Waals surface area (Å²) in [5, 5.41) is 3.48. The van der Waals surface area contributed by atoms with Crippen molar-refractivity contribution >= 4 is 0 Å². The van der Waals surface area contributed by atoms with E-state index in [1.54, 1.807) is 27.5 Å². The predicted molar refractivity (Wildman–Crippen MR) is 84.6 cm³/mol. The molecule has 0 amide bonds. The Balaban J connectivity index is 2.03. The van der Waals surface area contributed by atoms with Crippen LogP contribution in [0, 0.1) is 0 Å². The smallest absolute Gasteiger partial charge is 0.203 e. The van der Waals surface area contributed by atoms with E-state index in [1.807, 2.05) is 29.2 Å². The lowest BCUT2D eigenvalue weighted by atomic mass is 10.1. The van der Waals surface area contributed by atoms with Crippen molar-refractivity contribution in [3.8, 4) is 17.2 Å². The van der Waals surface area contributed by atoms with Gasteiger partial charge in [-0.15, -0.1) is 0 Å². The Hall–Kier alpha value is -2.21. The molecule has 2 rings (SSSR count). The molecule has 1 aromatic heterocycles. The van der Waals surface area contributed by atoms with E-state index in [0.29, 0.717) is 29.8 Å². The number of rotatable bonds is 8. The average molecular weight is 305 g/mol. The van der Waals surface area contributed by atoms with Crippen LogP contribution in [0.25, 0.3) is 0 Å². The maximum atomic E-state index is 5.37. The first kappa shape index (κ1) is 16.2. The lowest BCUT2D eigenvalue weighted by Gasteiger charge is -2.17. The van der Waals surface area contributed by atoms with E-state index in [0.717, 1.165) is 12.1 Å². The zero-order valence-corrected chi connectivity index (χ0v) is 13.5. The molecule has 0 spiro atoms. The van der Waals surface area contributed by atoms with Crippen LogP contribution in [-0.4, -0.2) is 36.9 Å². The second kappa shape index (κ2) is 7.70. The van der Waals surface area contributed by atoms with Gasteiger partial charge in [0.25, 0.3) is 0 Å². The van der Waals surface area contributed by atoms with Crippen LogP contribution in [0.3, 0.4) is 0 Å². The number of methoxy groups -OCH3 is 3. The highest BCUT2D eigenvalue weighted by molar-refractivity contribution is 5.53. The van der Waals surface area contributed by atoms with Crippen LogP contribution in [0.2, 0.25) is 0 Å². The maximum Gasteiger partial charge on any atom is 0.203 e. The summed E-state index contributed by atoms with van der Waals surface area (Å²) >= 11 is 0. The Morgan fingerprint density at radius 3 is 2.32 bits per heavy atom. The van der Waals surface area contributed by atoms with Crippen molar-refractivity contribution in [2.75, 3.05) is 21.3 Å². The fourth-order valence-corrected chi connectivity index (χ4v) is 2.31. The first-order chi connectivity index (χ1) is 10.7. The molecular formula is C16H23N3O3. The van der Waals surface area contributed by atoms with E-state index in [4.69, 9.17) is 14.2 Å². The van der Waals surface area contributed by atoms with Gasteiger partial charge in [-0.2, -0.15) is 0 Å². The number of nitrogens with zero attached hydrogens (tertiary/aromatic N) is 2. The highest BCUT2D eigenvalue weighted by atomic mass is 16.5. The minimum Gasteiger partial charge on any atom is -0.493 e. The van der Waals surface area contributed by atoms with Crippen molar-refractivity contribution in [2.24, 2.45) is 0 Å². The maximum absolute atomic E-state index is 5.37. The quantitative estimate of drug-likeness (QED) is 0.809. The van der Waals surface area contributed by atoms with Gasteiger partial charge in [0.1, 0.15) is 0 Å². The van der Waals surface area contributed by atoms with Crippen LogP contribution in [-0.2, 0) is 13.1 Å². The number of benzene rings is 1. The fraction of sp³-hybridized carbons (Fsp3) is 0.438. The molecule has 120 valence electrons. The van der Waals surface area contributed by atoms with Gasteiger partial charge in [0.05, 0.1) is 27.7 Å². The zero-order chi connectivity index (χ0) is 15.9. The van der Waals surface area contributed by atoms with Gasteiger partial charge < -0.3 is 24.1 Å². The molecule has 0 aliphatic carbocycles. The van der Waals surface area contributed by atoms with E-state index in [9.17, 15) is 0 Å². The monoisotopic (exact) mass is 305 g/mol. The Bertz CT molecular complexity index is 559. The Morgan fingerprint density at radius 2 is 1.82 bits per heavy atom. The molecule has 6 nitrogen and oxygen atoms in total. The summed E-state index contributed by atoms with van der Waals surface area (Å²) in [6.45, 7) is 3.72. The zero-order valence-electron chi connectivity index (χ0n) is 13.5. The number of nitrogens with one attached hydrogen (secondary N) is 1. The topological polar surface area (TPSA) is 57.5 Å². The Morgan fingerprint density at radius 1 is 1.14 bits per heavy atom. The fourth-order valence-electron chi connectivity index (χ4n) is 2.31. The molecule has 0 bridgehead atoms. The van der Waals surface area contributed by atoms with Gasteiger partial charge >= 0.3 is 0 Å². The van der Waals surface area contributed by atoms with Gasteiger partial charge in [-0.1, -0.05) is 0 Å². The molecule has 1 aromatic carbocycles. The number of imidazole rings is 1. The molecule has 2 aromatic rings. The van der Waals surface area contributed by atoms with Crippen molar-refractivity contribution < 1.29 is 14.2 Å². The van der Waals surface area contributed by atoms with Crippen molar-refractivity contribution in [1.29, 1.82) is 0 Å². The van der Waals surface area contributed by atoms with E-state index < -0.39 is 0 Å². The first-order valence-corrected chi connectivity index (χ1v) is 7.16. The first-order valence-electron chi connectivity index (χ1n) is 7.16. The molecule has 1 N–H and O–H groups in total. The third-order valence-electron chi connectivity index (χ3n) is 3.42. The molecule has 22 heavy (non-hydrogen) atoms. The Labute approximate surface area is 131 Å².